The number of halogens is 1. The van der Waals surface area contributed by atoms with Gasteiger partial charge in [-0.2, -0.15) is 0 Å². The van der Waals surface area contributed by atoms with Crippen LogP contribution in [0.3, 0.4) is 0 Å². The van der Waals surface area contributed by atoms with E-state index in [4.69, 9.17) is 4.74 Å². The Hall–Kier alpha value is -1.92. The minimum atomic E-state index is -3.52. The molecular weight excluding hydrogens is 413 g/mol. The van der Waals surface area contributed by atoms with Gasteiger partial charge in [0.2, 0.25) is 10.0 Å². The molecular formula is C25H34FNO3S. The molecule has 6 heteroatoms. The smallest absolute Gasteiger partial charge is 0.212 e. The van der Waals surface area contributed by atoms with E-state index in [1.165, 1.54) is 25.0 Å². The summed E-state index contributed by atoms with van der Waals surface area (Å²) in [5, 5.41) is 0. The van der Waals surface area contributed by atoms with Crippen LogP contribution >= 0.6 is 0 Å². The molecule has 2 unspecified atom stereocenters. The first kappa shape index (κ1) is 23.7. The number of rotatable bonds is 12. The molecule has 0 heterocycles. The predicted octanol–water partition coefficient (Wildman–Crippen LogP) is 5.70. The first-order valence-corrected chi connectivity index (χ1v) is 12.9. The number of nitrogens with one attached hydrogen (secondary N) is 1. The maximum Gasteiger partial charge on any atom is 0.212 e. The van der Waals surface area contributed by atoms with Gasteiger partial charge in [-0.1, -0.05) is 45.0 Å². The van der Waals surface area contributed by atoms with Crippen LogP contribution in [0.5, 0.6) is 5.75 Å². The van der Waals surface area contributed by atoms with E-state index in [0.717, 1.165) is 17.7 Å². The number of benzene rings is 2. The molecule has 2 atom stereocenters. The first-order chi connectivity index (χ1) is 14.7. The second-order valence-electron chi connectivity index (χ2n) is 9.11. The Morgan fingerprint density at radius 2 is 1.77 bits per heavy atom. The van der Waals surface area contributed by atoms with Crippen molar-refractivity contribution < 1.29 is 17.5 Å². The van der Waals surface area contributed by atoms with Crippen molar-refractivity contribution in [1.82, 2.24) is 4.72 Å². The molecule has 1 aliphatic rings. The van der Waals surface area contributed by atoms with E-state index in [1.54, 1.807) is 12.1 Å². The van der Waals surface area contributed by atoms with Crippen molar-refractivity contribution in [3.05, 3.63) is 65.5 Å². The van der Waals surface area contributed by atoms with Crippen LogP contribution in [0.15, 0.2) is 48.5 Å². The monoisotopic (exact) mass is 447 g/mol. The number of hydrogen-bond acceptors (Lipinski definition) is 3. The zero-order chi connectivity index (χ0) is 22.4. The molecule has 0 aliphatic heterocycles. The van der Waals surface area contributed by atoms with Crippen molar-refractivity contribution in [1.29, 1.82) is 0 Å². The summed E-state index contributed by atoms with van der Waals surface area (Å²) in [6.07, 6.45) is 3.87. The summed E-state index contributed by atoms with van der Waals surface area (Å²) in [4.78, 5) is 0. The van der Waals surface area contributed by atoms with Gasteiger partial charge in [-0.25, -0.2) is 17.5 Å². The molecule has 4 nitrogen and oxygen atoms in total. The van der Waals surface area contributed by atoms with Crippen LogP contribution in [-0.4, -0.2) is 20.8 Å². The van der Waals surface area contributed by atoms with E-state index in [9.17, 15) is 12.8 Å². The van der Waals surface area contributed by atoms with E-state index in [1.807, 2.05) is 24.3 Å². The lowest BCUT2D eigenvalue weighted by Crippen LogP contribution is -2.31. The molecule has 0 radical (unpaired) electrons. The van der Waals surface area contributed by atoms with Crippen LogP contribution in [-0.2, 0) is 10.0 Å². The summed E-state index contributed by atoms with van der Waals surface area (Å²) in [5.41, 5.74) is 1.47. The Morgan fingerprint density at radius 3 is 2.42 bits per heavy atom. The molecule has 0 amide bonds. The van der Waals surface area contributed by atoms with Crippen molar-refractivity contribution in [2.45, 2.75) is 52.5 Å². The maximum atomic E-state index is 13.5. The van der Waals surface area contributed by atoms with Crippen molar-refractivity contribution in [3.63, 3.8) is 0 Å². The Kier molecular flexibility index (Phi) is 8.11. The normalized spacial score (nSPS) is 16.3. The van der Waals surface area contributed by atoms with Crippen molar-refractivity contribution in [3.8, 4) is 5.75 Å². The fourth-order valence-corrected chi connectivity index (χ4v) is 4.73. The molecule has 2 aromatic carbocycles. The Morgan fingerprint density at radius 1 is 1.06 bits per heavy atom. The molecule has 0 saturated heterocycles. The third-order valence-corrected chi connectivity index (χ3v) is 7.51. The molecule has 0 aromatic heterocycles. The fourth-order valence-electron chi connectivity index (χ4n) is 3.43. The highest BCUT2D eigenvalue weighted by atomic mass is 32.2. The largest absolute Gasteiger partial charge is 0.493 e. The van der Waals surface area contributed by atoms with Gasteiger partial charge in [-0.15, -0.1) is 0 Å². The van der Waals surface area contributed by atoms with Gasteiger partial charge in [0.25, 0.3) is 0 Å². The van der Waals surface area contributed by atoms with Gasteiger partial charge < -0.3 is 4.74 Å². The SMILES string of the molecule is CC(C)C(C)CCCS(=O)(=O)NC(c1ccc(F)cc1)c1cccc(OCC2CC2)c1. The lowest BCUT2D eigenvalue weighted by atomic mass is 9.94. The third kappa shape index (κ3) is 7.62. The maximum absolute atomic E-state index is 13.5. The molecule has 170 valence electrons. The van der Waals surface area contributed by atoms with Crippen LogP contribution in [0.1, 0.15) is 63.6 Å². The number of ether oxygens (including phenoxy) is 1. The van der Waals surface area contributed by atoms with Crippen LogP contribution in [0.4, 0.5) is 4.39 Å². The minimum absolute atomic E-state index is 0.0691. The van der Waals surface area contributed by atoms with Gasteiger partial charge >= 0.3 is 0 Å². The van der Waals surface area contributed by atoms with Gasteiger partial charge in [0.05, 0.1) is 18.4 Å². The van der Waals surface area contributed by atoms with Crippen LogP contribution in [0, 0.1) is 23.6 Å². The third-order valence-electron chi connectivity index (χ3n) is 6.09. The fraction of sp³-hybridized carbons (Fsp3) is 0.520. The average molecular weight is 448 g/mol. The quantitative estimate of drug-likeness (QED) is 0.454. The Bertz CT molecular complexity index is 939. The topological polar surface area (TPSA) is 55.4 Å². The van der Waals surface area contributed by atoms with Gasteiger partial charge in [-0.05, 0) is 78.8 Å². The van der Waals surface area contributed by atoms with Crippen molar-refractivity contribution >= 4 is 10.0 Å². The summed E-state index contributed by atoms with van der Waals surface area (Å²) in [7, 11) is -3.52. The Labute approximate surface area is 186 Å². The lowest BCUT2D eigenvalue weighted by molar-refractivity contribution is 0.299. The van der Waals surface area contributed by atoms with E-state index < -0.39 is 16.1 Å². The molecule has 1 saturated carbocycles. The lowest BCUT2D eigenvalue weighted by Gasteiger charge is -2.21. The highest BCUT2D eigenvalue weighted by molar-refractivity contribution is 7.89. The second-order valence-corrected chi connectivity index (χ2v) is 11.0. The van der Waals surface area contributed by atoms with Gasteiger partial charge in [0, 0.05) is 0 Å². The standard InChI is InChI=1S/C25H34FNO3S/c1-18(2)19(3)6-5-15-31(28,29)27-25(21-11-13-23(26)14-12-21)22-7-4-8-24(16-22)30-17-20-9-10-20/h4,7-8,11-14,16,18-20,25,27H,5-6,9-10,15,17H2,1-3H3. The molecule has 1 N–H and O–H groups in total. The van der Waals surface area contributed by atoms with Crippen molar-refractivity contribution in [2.75, 3.05) is 12.4 Å². The van der Waals surface area contributed by atoms with Gasteiger partial charge in [-0.3, -0.25) is 0 Å². The van der Waals surface area contributed by atoms with Gasteiger partial charge in [0.15, 0.2) is 0 Å². The predicted molar refractivity (Wildman–Crippen MR) is 123 cm³/mol. The second kappa shape index (κ2) is 10.6. The summed E-state index contributed by atoms with van der Waals surface area (Å²) in [6, 6.07) is 12.9. The summed E-state index contributed by atoms with van der Waals surface area (Å²) in [6.45, 7) is 7.14. The molecule has 0 spiro atoms. The molecule has 2 aromatic rings. The van der Waals surface area contributed by atoms with E-state index >= 15 is 0 Å². The molecule has 31 heavy (non-hydrogen) atoms. The molecule has 1 aliphatic carbocycles. The molecule has 3 rings (SSSR count). The van der Waals surface area contributed by atoms with E-state index in [0.29, 0.717) is 36.3 Å². The molecule has 0 bridgehead atoms. The van der Waals surface area contributed by atoms with Crippen LogP contribution in [0.2, 0.25) is 0 Å². The molecule has 1 fully saturated rings. The average Bonchev–Trinajstić information content (AvgIpc) is 3.56. The zero-order valence-corrected chi connectivity index (χ0v) is 19.5. The minimum Gasteiger partial charge on any atom is -0.493 e. The summed E-state index contributed by atoms with van der Waals surface area (Å²) >= 11 is 0. The number of hydrogen-bond donors (Lipinski definition) is 1. The van der Waals surface area contributed by atoms with Crippen LogP contribution in [0.25, 0.3) is 0 Å². The van der Waals surface area contributed by atoms with Gasteiger partial charge in [0.1, 0.15) is 11.6 Å². The highest BCUT2D eigenvalue weighted by Gasteiger charge is 2.24. The summed E-state index contributed by atoms with van der Waals surface area (Å²) in [5.74, 6) is 2.07. The summed E-state index contributed by atoms with van der Waals surface area (Å²) < 4.78 is 48.0. The van der Waals surface area contributed by atoms with E-state index in [-0.39, 0.29) is 11.6 Å². The Balaban J connectivity index is 1.76. The van der Waals surface area contributed by atoms with Crippen molar-refractivity contribution in [2.24, 2.45) is 17.8 Å². The highest BCUT2D eigenvalue weighted by Crippen LogP contribution is 2.31. The van der Waals surface area contributed by atoms with Crippen LogP contribution < -0.4 is 9.46 Å². The first-order valence-electron chi connectivity index (χ1n) is 11.2. The zero-order valence-electron chi connectivity index (χ0n) is 18.7. The number of sulfonamides is 1. The van der Waals surface area contributed by atoms with E-state index in [2.05, 4.69) is 25.5 Å².